The van der Waals surface area contributed by atoms with Crippen LogP contribution in [0, 0.1) is 13.8 Å². The van der Waals surface area contributed by atoms with E-state index in [1.54, 1.807) is 13.8 Å². The lowest BCUT2D eigenvalue weighted by molar-refractivity contribution is 0.399. The molecular formula is C30H28N4O5. The number of para-hydroxylation sites is 1. The van der Waals surface area contributed by atoms with Crippen molar-refractivity contribution in [3.05, 3.63) is 88.3 Å². The molecule has 0 unspecified atom stereocenters. The summed E-state index contributed by atoms with van der Waals surface area (Å²) in [5, 5.41) is 27.9. The zero-order valence-electron chi connectivity index (χ0n) is 21.6. The topological polar surface area (TPSA) is 115 Å². The number of aromatic hydroxyl groups is 2. The van der Waals surface area contributed by atoms with Crippen LogP contribution in [-0.4, -0.2) is 46.6 Å². The van der Waals surface area contributed by atoms with Crippen molar-refractivity contribution in [2.24, 2.45) is 0 Å². The fourth-order valence-electron chi connectivity index (χ4n) is 5.01. The first kappa shape index (κ1) is 24.4. The van der Waals surface area contributed by atoms with Gasteiger partial charge in [0, 0.05) is 55.2 Å². The first-order valence-electron chi connectivity index (χ1n) is 12.8. The van der Waals surface area contributed by atoms with Gasteiger partial charge in [-0.15, -0.1) is 0 Å². The number of hydrogen-bond donors (Lipinski definition) is 3. The van der Waals surface area contributed by atoms with Crippen LogP contribution in [-0.2, 0) is 0 Å². The zero-order valence-corrected chi connectivity index (χ0v) is 21.6. The number of anilines is 2. The molecular weight excluding hydrogens is 496 g/mol. The number of aryl methyl sites for hydroxylation is 2. The van der Waals surface area contributed by atoms with Crippen LogP contribution in [0.15, 0.2) is 75.9 Å². The highest BCUT2D eigenvalue weighted by molar-refractivity contribution is 5.92. The SMILES string of the molecule is Cc1n[nH]c(C)c1Oc1c(O)cc(O)c2c(=O)cc(-c3ccc(N4CCN(c5ccccc5)CC4)cc3)oc12. The number of piperazine rings is 1. The summed E-state index contributed by atoms with van der Waals surface area (Å²) in [7, 11) is 0. The van der Waals surface area contributed by atoms with Crippen molar-refractivity contribution in [2.75, 3.05) is 36.0 Å². The van der Waals surface area contributed by atoms with Crippen molar-refractivity contribution in [3.8, 4) is 34.3 Å². The van der Waals surface area contributed by atoms with E-state index in [2.05, 4.69) is 44.3 Å². The van der Waals surface area contributed by atoms with E-state index in [9.17, 15) is 15.0 Å². The quantitative estimate of drug-likeness (QED) is 0.283. The number of phenolic OH excluding ortho intramolecular Hbond substituents is 2. The molecule has 6 rings (SSSR count). The van der Waals surface area contributed by atoms with Crippen molar-refractivity contribution in [2.45, 2.75) is 13.8 Å². The molecule has 1 saturated heterocycles. The van der Waals surface area contributed by atoms with Crippen molar-refractivity contribution in [3.63, 3.8) is 0 Å². The van der Waals surface area contributed by atoms with E-state index in [-0.39, 0.29) is 28.2 Å². The average molecular weight is 525 g/mol. The molecule has 0 radical (unpaired) electrons. The summed E-state index contributed by atoms with van der Waals surface area (Å²) in [6.45, 7) is 7.17. The van der Waals surface area contributed by atoms with E-state index >= 15 is 0 Å². The summed E-state index contributed by atoms with van der Waals surface area (Å²) in [6.07, 6.45) is 0. The van der Waals surface area contributed by atoms with Crippen LogP contribution in [0.4, 0.5) is 11.4 Å². The molecule has 3 heterocycles. The maximum absolute atomic E-state index is 13.1. The van der Waals surface area contributed by atoms with Gasteiger partial charge in [0.2, 0.25) is 5.75 Å². The molecule has 3 N–H and O–H groups in total. The summed E-state index contributed by atoms with van der Waals surface area (Å²) in [5.41, 5.74) is 3.73. The summed E-state index contributed by atoms with van der Waals surface area (Å²) in [4.78, 5) is 17.8. The molecule has 1 aliphatic heterocycles. The van der Waals surface area contributed by atoms with Gasteiger partial charge in [0.25, 0.3) is 0 Å². The highest BCUT2D eigenvalue weighted by atomic mass is 16.5. The van der Waals surface area contributed by atoms with Crippen molar-refractivity contribution in [1.29, 1.82) is 0 Å². The van der Waals surface area contributed by atoms with Gasteiger partial charge in [-0.05, 0) is 50.2 Å². The predicted molar refractivity (Wildman–Crippen MR) is 150 cm³/mol. The standard InChI is InChI=1S/C30H28N4O5/c1-18-28(19(2)32-31-18)39-29-25(37)16-23(35)27-24(36)17-26(38-30(27)29)20-8-10-22(11-9-20)34-14-12-33(13-15-34)21-6-4-3-5-7-21/h3-11,16-17,35,37H,12-15H2,1-2H3,(H,31,32). The van der Waals surface area contributed by atoms with Crippen molar-refractivity contribution < 1.29 is 19.4 Å². The van der Waals surface area contributed by atoms with Crippen LogP contribution < -0.4 is 20.0 Å². The molecule has 1 aliphatic rings. The third-order valence-corrected chi connectivity index (χ3v) is 7.10. The Kier molecular flexibility index (Phi) is 6.11. The molecule has 39 heavy (non-hydrogen) atoms. The van der Waals surface area contributed by atoms with Gasteiger partial charge in [-0.3, -0.25) is 9.89 Å². The summed E-state index contributed by atoms with van der Waals surface area (Å²) < 4.78 is 12.1. The Morgan fingerprint density at radius 2 is 1.49 bits per heavy atom. The third kappa shape index (κ3) is 4.52. The highest BCUT2D eigenvalue weighted by Gasteiger charge is 2.23. The first-order chi connectivity index (χ1) is 18.9. The number of benzene rings is 3. The van der Waals surface area contributed by atoms with Crippen LogP contribution in [0.5, 0.6) is 23.0 Å². The lowest BCUT2D eigenvalue weighted by atomic mass is 10.1. The van der Waals surface area contributed by atoms with Gasteiger partial charge < -0.3 is 29.2 Å². The fourth-order valence-corrected chi connectivity index (χ4v) is 5.01. The van der Waals surface area contributed by atoms with Crippen molar-refractivity contribution in [1.82, 2.24) is 10.2 Å². The van der Waals surface area contributed by atoms with Gasteiger partial charge in [-0.1, -0.05) is 18.2 Å². The van der Waals surface area contributed by atoms with Gasteiger partial charge in [0.05, 0.1) is 5.69 Å². The molecule has 0 saturated carbocycles. The number of hydrogen-bond acceptors (Lipinski definition) is 8. The number of aromatic nitrogens is 2. The van der Waals surface area contributed by atoms with Gasteiger partial charge in [0.15, 0.2) is 22.5 Å². The Hall–Kier alpha value is -4.92. The first-order valence-corrected chi connectivity index (χ1v) is 12.8. The van der Waals surface area contributed by atoms with E-state index in [0.717, 1.165) is 37.9 Å². The third-order valence-electron chi connectivity index (χ3n) is 7.10. The Morgan fingerprint density at radius 1 is 0.846 bits per heavy atom. The molecule has 0 amide bonds. The lowest BCUT2D eigenvalue weighted by Crippen LogP contribution is -2.46. The number of H-pyrrole nitrogens is 1. The number of aromatic amines is 1. The second-order valence-corrected chi connectivity index (χ2v) is 9.64. The van der Waals surface area contributed by atoms with E-state index < -0.39 is 5.43 Å². The molecule has 9 heteroatoms. The fraction of sp³-hybridized carbons (Fsp3) is 0.200. The number of ether oxygens (including phenoxy) is 1. The normalized spacial score (nSPS) is 13.7. The smallest absolute Gasteiger partial charge is 0.212 e. The number of fused-ring (bicyclic) bond motifs is 1. The van der Waals surface area contributed by atoms with Crippen LogP contribution >= 0.6 is 0 Å². The Bertz CT molecular complexity index is 1680. The average Bonchev–Trinajstić information content (AvgIpc) is 3.27. The summed E-state index contributed by atoms with van der Waals surface area (Å²) >= 11 is 0. The van der Waals surface area contributed by atoms with E-state index in [1.807, 2.05) is 30.3 Å². The van der Waals surface area contributed by atoms with Gasteiger partial charge in [-0.2, -0.15) is 5.10 Å². The number of nitrogens with one attached hydrogen (secondary N) is 1. The number of nitrogens with zero attached hydrogens (tertiary/aromatic N) is 3. The molecule has 0 bridgehead atoms. The van der Waals surface area contributed by atoms with Crippen molar-refractivity contribution >= 4 is 22.3 Å². The van der Waals surface area contributed by atoms with Crippen LogP contribution in [0.25, 0.3) is 22.3 Å². The molecule has 2 aromatic heterocycles. The minimum atomic E-state index is -0.449. The Morgan fingerprint density at radius 3 is 2.10 bits per heavy atom. The summed E-state index contributed by atoms with van der Waals surface area (Å²) in [5.74, 6) is -0.112. The second-order valence-electron chi connectivity index (χ2n) is 9.64. The molecule has 5 aromatic rings. The zero-order chi connectivity index (χ0) is 27.1. The largest absolute Gasteiger partial charge is 0.507 e. The number of rotatable bonds is 5. The summed E-state index contributed by atoms with van der Waals surface area (Å²) in [6, 6.07) is 20.6. The molecule has 198 valence electrons. The molecule has 0 spiro atoms. The maximum atomic E-state index is 13.1. The molecule has 9 nitrogen and oxygen atoms in total. The lowest BCUT2D eigenvalue weighted by Gasteiger charge is -2.37. The van der Waals surface area contributed by atoms with Gasteiger partial charge in [0.1, 0.15) is 22.6 Å². The maximum Gasteiger partial charge on any atom is 0.212 e. The Balaban J connectivity index is 1.30. The van der Waals surface area contributed by atoms with E-state index in [4.69, 9.17) is 9.15 Å². The monoisotopic (exact) mass is 524 g/mol. The highest BCUT2D eigenvalue weighted by Crippen LogP contribution is 2.43. The van der Waals surface area contributed by atoms with Crippen LogP contribution in [0.3, 0.4) is 0 Å². The van der Waals surface area contributed by atoms with Gasteiger partial charge in [-0.25, -0.2) is 0 Å². The second kappa shape index (κ2) is 9.75. The van der Waals surface area contributed by atoms with Crippen LogP contribution in [0.1, 0.15) is 11.4 Å². The number of phenols is 2. The Labute approximate surface area is 224 Å². The van der Waals surface area contributed by atoms with Crippen LogP contribution in [0.2, 0.25) is 0 Å². The van der Waals surface area contributed by atoms with Gasteiger partial charge >= 0.3 is 0 Å². The van der Waals surface area contributed by atoms with E-state index in [0.29, 0.717) is 28.5 Å². The van der Waals surface area contributed by atoms with E-state index in [1.165, 1.54) is 11.8 Å². The molecule has 3 aromatic carbocycles. The minimum Gasteiger partial charge on any atom is -0.507 e. The molecule has 0 atom stereocenters. The molecule has 0 aliphatic carbocycles. The predicted octanol–water partition coefficient (Wildman–Crippen LogP) is 5.33. The molecule has 1 fully saturated rings. The minimum absolute atomic E-state index is 0.0453.